The highest BCUT2D eigenvalue weighted by atomic mass is 79.9. The molecular formula is C18H17BrF2N2O4S. The number of piperazine rings is 1. The quantitative estimate of drug-likeness (QED) is 0.683. The van der Waals surface area contributed by atoms with Gasteiger partial charge in [-0.2, -0.15) is 4.31 Å². The van der Waals surface area contributed by atoms with Crippen molar-refractivity contribution in [3.05, 3.63) is 58.1 Å². The van der Waals surface area contributed by atoms with Crippen LogP contribution < -0.4 is 4.74 Å². The van der Waals surface area contributed by atoms with Crippen LogP contribution in [0.1, 0.15) is 10.4 Å². The van der Waals surface area contributed by atoms with Gasteiger partial charge < -0.3 is 9.64 Å². The predicted molar refractivity (Wildman–Crippen MR) is 102 cm³/mol. The first-order valence-corrected chi connectivity index (χ1v) is 10.6. The van der Waals surface area contributed by atoms with Crippen LogP contribution in [-0.4, -0.2) is 56.8 Å². The molecule has 1 amide bonds. The average molecular weight is 475 g/mol. The minimum absolute atomic E-state index is 0.00643. The second-order valence-corrected chi connectivity index (χ2v) is 8.88. The number of methoxy groups -OCH3 is 1. The lowest BCUT2D eigenvalue weighted by Gasteiger charge is -2.34. The number of rotatable bonds is 4. The van der Waals surface area contributed by atoms with E-state index in [-0.39, 0.29) is 32.1 Å². The first-order chi connectivity index (χ1) is 13.2. The van der Waals surface area contributed by atoms with Crippen LogP contribution in [0.4, 0.5) is 8.78 Å². The number of nitrogens with zero attached hydrogens (tertiary/aromatic N) is 2. The molecule has 0 N–H and O–H groups in total. The maximum absolute atomic E-state index is 13.9. The Kier molecular flexibility index (Phi) is 6.01. The summed E-state index contributed by atoms with van der Waals surface area (Å²) in [6, 6.07) is 7.35. The number of ether oxygens (including phenoxy) is 1. The van der Waals surface area contributed by atoms with E-state index in [0.29, 0.717) is 21.9 Å². The fourth-order valence-corrected chi connectivity index (χ4v) is 4.80. The number of amides is 1. The van der Waals surface area contributed by atoms with Gasteiger partial charge in [0.1, 0.15) is 22.3 Å². The van der Waals surface area contributed by atoms with Gasteiger partial charge in [0, 0.05) is 36.7 Å². The number of sulfonamides is 1. The molecule has 0 radical (unpaired) electrons. The first-order valence-electron chi connectivity index (χ1n) is 8.32. The Labute approximate surface area is 169 Å². The van der Waals surface area contributed by atoms with Gasteiger partial charge in [-0.15, -0.1) is 0 Å². The highest BCUT2D eigenvalue weighted by Gasteiger charge is 2.32. The maximum atomic E-state index is 13.9. The fraction of sp³-hybridized carbons (Fsp3) is 0.278. The van der Waals surface area contributed by atoms with Crippen LogP contribution in [0.25, 0.3) is 0 Å². The van der Waals surface area contributed by atoms with Crippen LogP contribution in [0.3, 0.4) is 0 Å². The van der Waals surface area contributed by atoms with Gasteiger partial charge in [-0.3, -0.25) is 4.79 Å². The van der Waals surface area contributed by atoms with Crippen molar-refractivity contribution in [2.45, 2.75) is 4.90 Å². The minimum Gasteiger partial charge on any atom is -0.497 e. The van der Waals surface area contributed by atoms with E-state index in [1.807, 2.05) is 0 Å². The smallest absolute Gasteiger partial charge is 0.255 e. The average Bonchev–Trinajstić information content (AvgIpc) is 2.67. The van der Waals surface area contributed by atoms with Crippen LogP contribution in [0.15, 0.2) is 45.8 Å². The van der Waals surface area contributed by atoms with Crippen LogP contribution >= 0.6 is 15.9 Å². The summed E-state index contributed by atoms with van der Waals surface area (Å²) in [6.07, 6.45) is 0. The standard InChI is InChI=1S/C18H17BrF2N2O4S/c1-27-13-3-4-15(19)14(11-13)18(24)22-6-8-23(9-7-22)28(25,26)17-5-2-12(20)10-16(17)21/h2-5,10-11H,6-9H2,1H3. The van der Waals surface area contributed by atoms with Gasteiger partial charge in [-0.25, -0.2) is 17.2 Å². The molecule has 0 bridgehead atoms. The van der Waals surface area contributed by atoms with E-state index in [0.717, 1.165) is 16.4 Å². The number of hydrogen-bond acceptors (Lipinski definition) is 4. The Bertz CT molecular complexity index is 1010. The van der Waals surface area contributed by atoms with Gasteiger partial charge in [0.15, 0.2) is 0 Å². The van der Waals surface area contributed by atoms with Crippen molar-refractivity contribution in [3.8, 4) is 5.75 Å². The Hall–Kier alpha value is -2.04. The van der Waals surface area contributed by atoms with E-state index < -0.39 is 26.6 Å². The van der Waals surface area contributed by atoms with E-state index in [9.17, 15) is 22.0 Å². The second kappa shape index (κ2) is 8.14. The molecule has 3 rings (SSSR count). The molecule has 150 valence electrons. The van der Waals surface area contributed by atoms with E-state index >= 15 is 0 Å². The van der Waals surface area contributed by atoms with Crippen molar-refractivity contribution in [1.82, 2.24) is 9.21 Å². The number of carbonyl (C=O) groups is 1. The molecule has 1 fully saturated rings. The Morgan fingerprint density at radius 1 is 1.07 bits per heavy atom. The van der Waals surface area contributed by atoms with Crippen molar-refractivity contribution in [2.24, 2.45) is 0 Å². The molecule has 1 aliphatic rings. The van der Waals surface area contributed by atoms with Gasteiger partial charge in [-0.05, 0) is 46.3 Å². The van der Waals surface area contributed by atoms with Crippen molar-refractivity contribution in [2.75, 3.05) is 33.3 Å². The molecule has 6 nitrogen and oxygen atoms in total. The zero-order valence-corrected chi connectivity index (χ0v) is 17.3. The Morgan fingerprint density at radius 2 is 1.75 bits per heavy atom. The van der Waals surface area contributed by atoms with Crippen LogP contribution in [0, 0.1) is 11.6 Å². The Morgan fingerprint density at radius 3 is 2.36 bits per heavy atom. The van der Waals surface area contributed by atoms with Gasteiger partial charge in [-0.1, -0.05) is 0 Å². The predicted octanol–water partition coefficient (Wildman–Crippen LogP) is 2.88. The van der Waals surface area contributed by atoms with Crippen LogP contribution in [0.5, 0.6) is 5.75 Å². The van der Waals surface area contributed by atoms with Crippen molar-refractivity contribution in [1.29, 1.82) is 0 Å². The third kappa shape index (κ3) is 4.03. The monoisotopic (exact) mass is 474 g/mol. The third-order valence-corrected chi connectivity index (χ3v) is 7.06. The number of halogens is 3. The third-order valence-electron chi connectivity index (χ3n) is 4.44. The molecule has 0 spiro atoms. The number of carbonyl (C=O) groups excluding carboxylic acids is 1. The molecule has 1 heterocycles. The van der Waals surface area contributed by atoms with Crippen LogP contribution in [0.2, 0.25) is 0 Å². The summed E-state index contributed by atoms with van der Waals surface area (Å²) in [6.45, 7) is 0.300. The molecule has 0 atom stereocenters. The summed E-state index contributed by atoms with van der Waals surface area (Å²) in [5.41, 5.74) is 0.403. The highest BCUT2D eigenvalue weighted by Crippen LogP contribution is 2.26. The topological polar surface area (TPSA) is 66.9 Å². The van der Waals surface area contributed by atoms with Gasteiger partial charge in [0.2, 0.25) is 10.0 Å². The lowest BCUT2D eigenvalue weighted by atomic mass is 10.1. The summed E-state index contributed by atoms with van der Waals surface area (Å²) in [5.74, 6) is -1.73. The molecule has 28 heavy (non-hydrogen) atoms. The summed E-state index contributed by atoms with van der Waals surface area (Å²) in [7, 11) is -2.62. The number of benzene rings is 2. The molecule has 0 aliphatic carbocycles. The fourth-order valence-electron chi connectivity index (χ4n) is 2.92. The first kappa shape index (κ1) is 20.7. The molecule has 1 saturated heterocycles. The molecule has 0 unspecified atom stereocenters. The summed E-state index contributed by atoms with van der Waals surface area (Å²) >= 11 is 3.33. The van der Waals surface area contributed by atoms with Crippen molar-refractivity contribution in [3.63, 3.8) is 0 Å². The molecule has 1 aliphatic heterocycles. The molecular weight excluding hydrogens is 458 g/mol. The second-order valence-electron chi connectivity index (χ2n) is 6.12. The van der Waals surface area contributed by atoms with E-state index in [1.54, 1.807) is 18.2 Å². The SMILES string of the molecule is COc1ccc(Br)c(C(=O)N2CCN(S(=O)(=O)c3ccc(F)cc3F)CC2)c1. The molecule has 0 saturated carbocycles. The molecule has 0 aromatic heterocycles. The maximum Gasteiger partial charge on any atom is 0.255 e. The highest BCUT2D eigenvalue weighted by molar-refractivity contribution is 9.10. The lowest BCUT2D eigenvalue weighted by Crippen LogP contribution is -2.50. The lowest BCUT2D eigenvalue weighted by molar-refractivity contribution is 0.0696. The van der Waals surface area contributed by atoms with Crippen molar-refractivity contribution < 1.29 is 26.7 Å². The van der Waals surface area contributed by atoms with E-state index in [1.165, 1.54) is 12.0 Å². The molecule has 10 heteroatoms. The zero-order chi connectivity index (χ0) is 20.5. The van der Waals surface area contributed by atoms with Gasteiger partial charge >= 0.3 is 0 Å². The normalized spacial score (nSPS) is 15.5. The minimum atomic E-state index is -4.12. The zero-order valence-electron chi connectivity index (χ0n) is 14.9. The summed E-state index contributed by atoms with van der Waals surface area (Å²) in [5, 5.41) is 0. The van der Waals surface area contributed by atoms with Gasteiger partial charge in [0.05, 0.1) is 12.7 Å². The molecule has 2 aromatic rings. The summed E-state index contributed by atoms with van der Waals surface area (Å²) in [4.78, 5) is 13.7. The number of hydrogen-bond donors (Lipinski definition) is 0. The Balaban J connectivity index is 1.74. The summed E-state index contributed by atoms with van der Waals surface area (Å²) < 4.78 is 59.1. The van der Waals surface area contributed by atoms with Crippen molar-refractivity contribution >= 4 is 31.9 Å². The largest absolute Gasteiger partial charge is 0.497 e. The molecule has 2 aromatic carbocycles. The van der Waals surface area contributed by atoms with E-state index in [4.69, 9.17) is 4.74 Å². The van der Waals surface area contributed by atoms with E-state index in [2.05, 4.69) is 15.9 Å². The van der Waals surface area contributed by atoms with Crippen LogP contribution in [-0.2, 0) is 10.0 Å². The van der Waals surface area contributed by atoms with Gasteiger partial charge in [0.25, 0.3) is 5.91 Å².